The van der Waals surface area contributed by atoms with E-state index in [1.165, 1.54) is 0 Å². The molecule has 0 atom stereocenters. The summed E-state index contributed by atoms with van der Waals surface area (Å²) in [5.74, 6) is 1.69. The number of amides is 1. The Bertz CT molecular complexity index is 436. The van der Waals surface area contributed by atoms with Gasteiger partial charge in [0.1, 0.15) is 18.0 Å². The summed E-state index contributed by atoms with van der Waals surface area (Å²) in [5.41, 5.74) is 1.08. The SMILES string of the molecule is CCCc1c(NC)ncnc1N(CCC)CC(=O)NC. The van der Waals surface area contributed by atoms with Crippen LogP contribution in [0.15, 0.2) is 6.33 Å². The van der Waals surface area contributed by atoms with Crippen LogP contribution in [0.25, 0.3) is 0 Å². The molecule has 1 rings (SSSR count). The average Bonchev–Trinajstić information content (AvgIpc) is 2.47. The molecule has 112 valence electrons. The second kappa shape index (κ2) is 8.35. The van der Waals surface area contributed by atoms with Crippen LogP contribution >= 0.6 is 0 Å². The lowest BCUT2D eigenvalue weighted by Gasteiger charge is -2.25. The highest BCUT2D eigenvalue weighted by Gasteiger charge is 2.17. The van der Waals surface area contributed by atoms with E-state index in [1.807, 2.05) is 11.9 Å². The smallest absolute Gasteiger partial charge is 0.239 e. The summed E-state index contributed by atoms with van der Waals surface area (Å²) >= 11 is 0. The van der Waals surface area contributed by atoms with Crippen molar-refractivity contribution in [1.29, 1.82) is 0 Å². The molecule has 20 heavy (non-hydrogen) atoms. The molecule has 6 heteroatoms. The van der Waals surface area contributed by atoms with Crippen LogP contribution in [-0.2, 0) is 11.2 Å². The van der Waals surface area contributed by atoms with E-state index in [1.54, 1.807) is 13.4 Å². The van der Waals surface area contributed by atoms with E-state index in [9.17, 15) is 4.79 Å². The summed E-state index contributed by atoms with van der Waals surface area (Å²) in [6, 6.07) is 0. The largest absolute Gasteiger partial charge is 0.373 e. The minimum absolute atomic E-state index is 0.00878. The number of aromatic nitrogens is 2. The van der Waals surface area contributed by atoms with Crippen LogP contribution in [0.3, 0.4) is 0 Å². The Morgan fingerprint density at radius 1 is 1.25 bits per heavy atom. The maximum atomic E-state index is 11.7. The Morgan fingerprint density at radius 3 is 2.55 bits per heavy atom. The highest BCUT2D eigenvalue weighted by molar-refractivity contribution is 5.81. The summed E-state index contributed by atoms with van der Waals surface area (Å²) in [6.45, 7) is 5.33. The second-order valence-electron chi connectivity index (χ2n) is 4.62. The first-order chi connectivity index (χ1) is 9.67. The molecule has 0 aliphatic heterocycles. The second-order valence-corrected chi connectivity index (χ2v) is 4.62. The maximum absolute atomic E-state index is 11.7. The van der Waals surface area contributed by atoms with E-state index in [2.05, 4.69) is 34.4 Å². The predicted molar refractivity (Wildman–Crippen MR) is 82.1 cm³/mol. The fourth-order valence-electron chi connectivity index (χ4n) is 2.15. The van der Waals surface area contributed by atoms with Crippen LogP contribution in [-0.4, -0.2) is 43.1 Å². The molecule has 0 radical (unpaired) electrons. The van der Waals surface area contributed by atoms with Gasteiger partial charge in [0.05, 0.1) is 6.54 Å². The van der Waals surface area contributed by atoms with Crippen LogP contribution in [0.2, 0.25) is 0 Å². The lowest BCUT2D eigenvalue weighted by Crippen LogP contribution is -2.37. The first-order valence-corrected chi connectivity index (χ1v) is 7.15. The molecule has 0 spiro atoms. The third-order valence-electron chi connectivity index (χ3n) is 3.07. The number of nitrogens with one attached hydrogen (secondary N) is 2. The zero-order chi connectivity index (χ0) is 15.0. The molecule has 1 amide bonds. The molecular formula is C14H25N5O. The minimum Gasteiger partial charge on any atom is -0.373 e. The molecule has 0 bridgehead atoms. The fraction of sp³-hybridized carbons (Fsp3) is 0.643. The lowest BCUT2D eigenvalue weighted by molar-refractivity contribution is -0.119. The zero-order valence-corrected chi connectivity index (χ0v) is 12.9. The number of hydrogen-bond donors (Lipinski definition) is 2. The van der Waals surface area contributed by atoms with Gasteiger partial charge in [-0.1, -0.05) is 20.3 Å². The normalized spacial score (nSPS) is 10.2. The van der Waals surface area contributed by atoms with E-state index < -0.39 is 0 Å². The Morgan fingerprint density at radius 2 is 2.00 bits per heavy atom. The molecule has 1 heterocycles. The third-order valence-corrected chi connectivity index (χ3v) is 3.07. The number of nitrogens with zero attached hydrogens (tertiary/aromatic N) is 3. The number of anilines is 2. The van der Waals surface area contributed by atoms with Crippen molar-refractivity contribution in [3.63, 3.8) is 0 Å². The van der Waals surface area contributed by atoms with E-state index in [0.29, 0.717) is 6.54 Å². The molecule has 0 aliphatic rings. The average molecular weight is 279 g/mol. The van der Waals surface area contributed by atoms with Crippen molar-refractivity contribution in [3.8, 4) is 0 Å². The maximum Gasteiger partial charge on any atom is 0.239 e. The third kappa shape index (κ3) is 4.08. The highest BCUT2D eigenvalue weighted by Crippen LogP contribution is 2.24. The summed E-state index contributed by atoms with van der Waals surface area (Å²) in [5, 5.41) is 5.77. The number of likely N-dealkylation sites (N-methyl/N-ethyl adjacent to an activating group) is 1. The number of hydrogen-bond acceptors (Lipinski definition) is 5. The van der Waals surface area contributed by atoms with Crippen molar-refractivity contribution in [2.45, 2.75) is 33.1 Å². The molecule has 1 aromatic rings. The summed E-state index contributed by atoms with van der Waals surface area (Å²) in [6.07, 6.45) is 4.41. The van der Waals surface area contributed by atoms with Crippen molar-refractivity contribution >= 4 is 17.5 Å². The zero-order valence-electron chi connectivity index (χ0n) is 12.9. The van der Waals surface area contributed by atoms with Crippen LogP contribution in [0.5, 0.6) is 0 Å². The topological polar surface area (TPSA) is 70.2 Å². The Balaban J connectivity index is 3.13. The van der Waals surface area contributed by atoms with Gasteiger partial charge in [0.15, 0.2) is 0 Å². The molecule has 0 aromatic carbocycles. The molecular weight excluding hydrogens is 254 g/mol. The van der Waals surface area contributed by atoms with Crippen molar-refractivity contribution in [2.75, 3.05) is 37.4 Å². The Hall–Kier alpha value is -1.85. The van der Waals surface area contributed by atoms with Gasteiger partial charge < -0.3 is 15.5 Å². The van der Waals surface area contributed by atoms with E-state index >= 15 is 0 Å². The van der Waals surface area contributed by atoms with E-state index in [0.717, 1.165) is 43.0 Å². The van der Waals surface area contributed by atoms with E-state index in [-0.39, 0.29) is 5.91 Å². The van der Waals surface area contributed by atoms with Gasteiger partial charge in [-0.25, -0.2) is 9.97 Å². The summed E-state index contributed by atoms with van der Waals surface area (Å²) in [7, 11) is 3.51. The van der Waals surface area contributed by atoms with Crippen molar-refractivity contribution in [2.24, 2.45) is 0 Å². The molecule has 0 saturated carbocycles. The lowest BCUT2D eigenvalue weighted by atomic mass is 10.1. The van der Waals surface area contributed by atoms with Gasteiger partial charge in [-0.3, -0.25) is 4.79 Å². The summed E-state index contributed by atoms with van der Waals surface area (Å²) < 4.78 is 0. The summed E-state index contributed by atoms with van der Waals surface area (Å²) in [4.78, 5) is 22.4. The molecule has 0 aliphatic carbocycles. The van der Waals surface area contributed by atoms with E-state index in [4.69, 9.17) is 0 Å². The van der Waals surface area contributed by atoms with Gasteiger partial charge in [0.2, 0.25) is 5.91 Å². The molecule has 6 nitrogen and oxygen atoms in total. The van der Waals surface area contributed by atoms with Crippen LogP contribution < -0.4 is 15.5 Å². The first-order valence-electron chi connectivity index (χ1n) is 7.15. The van der Waals surface area contributed by atoms with Crippen LogP contribution in [0, 0.1) is 0 Å². The van der Waals surface area contributed by atoms with Gasteiger partial charge in [0, 0.05) is 26.2 Å². The monoisotopic (exact) mass is 279 g/mol. The van der Waals surface area contributed by atoms with Crippen molar-refractivity contribution in [1.82, 2.24) is 15.3 Å². The van der Waals surface area contributed by atoms with Crippen LogP contribution in [0.4, 0.5) is 11.6 Å². The van der Waals surface area contributed by atoms with Gasteiger partial charge in [-0.15, -0.1) is 0 Å². The number of carbonyl (C=O) groups is 1. The van der Waals surface area contributed by atoms with Crippen molar-refractivity contribution in [3.05, 3.63) is 11.9 Å². The van der Waals surface area contributed by atoms with Gasteiger partial charge >= 0.3 is 0 Å². The number of carbonyl (C=O) groups excluding carboxylic acids is 1. The highest BCUT2D eigenvalue weighted by atomic mass is 16.1. The molecule has 0 saturated heterocycles. The number of rotatable bonds is 8. The molecule has 1 aromatic heterocycles. The van der Waals surface area contributed by atoms with Crippen LogP contribution in [0.1, 0.15) is 32.3 Å². The Labute approximate surface area is 121 Å². The van der Waals surface area contributed by atoms with Gasteiger partial charge in [-0.05, 0) is 12.8 Å². The minimum atomic E-state index is -0.00878. The van der Waals surface area contributed by atoms with Gasteiger partial charge in [0.25, 0.3) is 0 Å². The standard InChI is InChI=1S/C14H25N5O/c1-5-7-11-13(16-4)17-10-18-14(11)19(8-6-2)9-12(20)15-3/h10H,5-9H2,1-4H3,(H,15,20)(H,16,17,18). The predicted octanol–water partition coefficient (Wildman–Crippen LogP) is 1.43. The molecule has 0 fully saturated rings. The Kier molecular flexibility index (Phi) is 6.76. The fourth-order valence-corrected chi connectivity index (χ4v) is 2.15. The first kappa shape index (κ1) is 16.2. The quantitative estimate of drug-likeness (QED) is 0.753. The molecule has 2 N–H and O–H groups in total. The molecule has 0 unspecified atom stereocenters. The van der Waals surface area contributed by atoms with Gasteiger partial charge in [-0.2, -0.15) is 0 Å². The van der Waals surface area contributed by atoms with Crippen molar-refractivity contribution < 1.29 is 4.79 Å².